The van der Waals surface area contributed by atoms with E-state index < -0.39 is 5.54 Å². The Morgan fingerprint density at radius 2 is 1.94 bits per heavy atom. The van der Waals surface area contributed by atoms with Gasteiger partial charge in [-0.05, 0) is 18.1 Å². The first-order chi connectivity index (χ1) is 8.68. The third-order valence-corrected chi connectivity index (χ3v) is 2.89. The first-order valence-electron chi connectivity index (χ1n) is 5.99. The molecule has 1 aliphatic carbocycles. The van der Waals surface area contributed by atoms with E-state index in [-0.39, 0.29) is 0 Å². The van der Waals surface area contributed by atoms with E-state index in [2.05, 4.69) is 10.2 Å². The Kier molecular flexibility index (Phi) is 3.89. The number of nitrogens with zero attached hydrogens (tertiary/aromatic N) is 2. The molecule has 0 fully saturated rings. The molecular formula is C14H18N4. The summed E-state index contributed by atoms with van der Waals surface area (Å²) >= 11 is 0. The number of nitrogens with two attached hydrogens (primary N) is 2. The van der Waals surface area contributed by atoms with Gasteiger partial charge in [0.2, 0.25) is 0 Å². The lowest BCUT2D eigenvalue weighted by atomic mass is 9.92. The van der Waals surface area contributed by atoms with Crippen molar-refractivity contribution in [2.45, 2.75) is 18.5 Å². The Morgan fingerprint density at radius 3 is 2.61 bits per heavy atom. The van der Waals surface area contributed by atoms with Crippen LogP contribution < -0.4 is 11.5 Å². The quantitative estimate of drug-likeness (QED) is 0.793. The third-order valence-electron chi connectivity index (χ3n) is 2.89. The standard InChI is InChI=1S/C14H18N4/c15-13-6-8-14(16,9-7-13)11-18-17-10-12-4-2-1-3-5-12/h1-8H,9-11,15-16H2. The van der Waals surface area contributed by atoms with Gasteiger partial charge in [0, 0.05) is 5.70 Å². The molecule has 1 aromatic rings. The van der Waals surface area contributed by atoms with Crippen LogP contribution in [0.3, 0.4) is 0 Å². The summed E-state index contributed by atoms with van der Waals surface area (Å²) in [6.45, 7) is 1.08. The molecular weight excluding hydrogens is 224 g/mol. The molecule has 4 N–H and O–H groups in total. The zero-order valence-corrected chi connectivity index (χ0v) is 10.3. The predicted molar refractivity (Wildman–Crippen MR) is 72.8 cm³/mol. The van der Waals surface area contributed by atoms with Crippen LogP contribution in [0.15, 0.2) is 64.5 Å². The van der Waals surface area contributed by atoms with Crippen molar-refractivity contribution in [3.05, 3.63) is 59.8 Å². The number of allylic oxidation sites excluding steroid dienone is 1. The van der Waals surface area contributed by atoms with Crippen LogP contribution in [0.25, 0.3) is 0 Å². The van der Waals surface area contributed by atoms with E-state index in [1.807, 2.05) is 48.6 Å². The Hall–Kier alpha value is -1.94. The average Bonchev–Trinajstić information content (AvgIpc) is 2.40. The minimum Gasteiger partial charge on any atom is -0.399 e. The van der Waals surface area contributed by atoms with Crippen molar-refractivity contribution in [2.24, 2.45) is 21.7 Å². The van der Waals surface area contributed by atoms with E-state index in [9.17, 15) is 0 Å². The smallest absolute Gasteiger partial charge is 0.0849 e. The highest BCUT2D eigenvalue weighted by Crippen LogP contribution is 2.17. The van der Waals surface area contributed by atoms with Crippen LogP contribution in [0, 0.1) is 0 Å². The molecule has 2 rings (SSSR count). The van der Waals surface area contributed by atoms with E-state index in [1.54, 1.807) is 0 Å². The molecule has 0 aliphatic heterocycles. The highest BCUT2D eigenvalue weighted by Gasteiger charge is 2.22. The summed E-state index contributed by atoms with van der Waals surface area (Å²) in [6, 6.07) is 10.0. The second-order valence-electron chi connectivity index (χ2n) is 4.56. The topological polar surface area (TPSA) is 76.8 Å². The Bertz CT molecular complexity index is 476. The fraction of sp³-hybridized carbons (Fsp3) is 0.286. The van der Waals surface area contributed by atoms with Gasteiger partial charge in [-0.2, -0.15) is 10.2 Å². The lowest BCUT2D eigenvalue weighted by molar-refractivity contribution is 0.526. The van der Waals surface area contributed by atoms with Crippen LogP contribution in [0.1, 0.15) is 12.0 Å². The molecule has 0 saturated carbocycles. The zero-order valence-electron chi connectivity index (χ0n) is 10.3. The Balaban J connectivity index is 1.83. The van der Waals surface area contributed by atoms with Crippen LogP contribution in [-0.4, -0.2) is 12.1 Å². The molecule has 0 radical (unpaired) electrons. The number of hydrogen-bond donors (Lipinski definition) is 2. The van der Waals surface area contributed by atoms with Crippen molar-refractivity contribution in [1.82, 2.24) is 0 Å². The van der Waals surface area contributed by atoms with Crippen LogP contribution >= 0.6 is 0 Å². The minimum absolute atomic E-state index is 0.441. The van der Waals surface area contributed by atoms with Gasteiger partial charge in [-0.15, -0.1) is 0 Å². The summed E-state index contributed by atoms with van der Waals surface area (Å²) in [5, 5.41) is 8.32. The lowest BCUT2D eigenvalue weighted by Gasteiger charge is -2.24. The van der Waals surface area contributed by atoms with Crippen molar-refractivity contribution in [3.8, 4) is 0 Å². The maximum absolute atomic E-state index is 6.16. The predicted octanol–water partition coefficient (Wildman–Crippen LogP) is 2.14. The monoisotopic (exact) mass is 242 g/mol. The molecule has 1 unspecified atom stereocenters. The van der Waals surface area contributed by atoms with Crippen molar-refractivity contribution < 1.29 is 0 Å². The van der Waals surface area contributed by atoms with E-state index in [0.717, 1.165) is 11.3 Å². The minimum atomic E-state index is -0.441. The summed E-state index contributed by atoms with van der Waals surface area (Å²) in [6.07, 6.45) is 6.37. The van der Waals surface area contributed by atoms with Crippen molar-refractivity contribution in [1.29, 1.82) is 0 Å². The van der Waals surface area contributed by atoms with E-state index in [4.69, 9.17) is 11.5 Å². The summed E-state index contributed by atoms with van der Waals surface area (Å²) in [5.41, 5.74) is 13.3. The molecule has 0 bridgehead atoms. The van der Waals surface area contributed by atoms with Gasteiger partial charge in [-0.25, -0.2) is 0 Å². The number of benzene rings is 1. The highest BCUT2D eigenvalue weighted by atomic mass is 15.1. The van der Waals surface area contributed by atoms with Gasteiger partial charge < -0.3 is 11.5 Å². The molecule has 0 heterocycles. The zero-order chi connectivity index (χ0) is 12.8. The van der Waals surface area contributed by atoms with Gasteiger partial charge in [0.1, 0.15) is 0 Å². The third kappa shape index (κ3) is 3.53. The second-order valence-corrected chi connectivity index (χ2v) is 4.56. The summed E-state index contributed by atoms with van der Waals surface area (Å²) in [4.78, 5) is 0. The maximum Gasteiger partial charge on any atom is 0.0849 e. The van der Waals surface area contributed by atoms with Crippen molar-refractivity contribution >= 4 is 0 Å². The fourth-order valence-electron chi connectivity index (χ4n) is 1.72. The molecule has 0 spiro atoms. The average molecular weight is 242 g/mol. The van der Waals surface area contributed by atoms with Crippen LogP contribution in [0.2, 0.25) is 0 Å². The van der Waals surface area contributed by atoms with E-state index in [0.29, 0.717) is 19.5 Å². The van der Waals surface area contributed by atoms with Crippen LogP contribution in [-0.2, 0) is 6.54 Å². The molecule has 18 heavy (non-hydrogen) atoms. The molecule has 4 nitrogen and oxygen atoms in total. The normalized spacial score (nSPS) is 23.3. The van der Waals surface area contributed by atoms with Gasteiger partial charge in [0.15, 0.2) is 0 Å². The SMILES string of the molecule is NC1=CCC(N)(CN=NCc2ccccc2)C=C1. The van der Waals surface area contributed by atoms with Gasteiger partial charge in [0.05, 0.1) is 18.6 Å². The first kappa shape index (κ1) is 12.5. The Morgan fingerprint density at radius 1 is 1.17 bits per heavy atom. The fourth-order valence-corrected chi connectivity index (χ4v) is 1.72. The van der Waals surface area contributed by atoms with Crippen LogP contribution in [0.5, 0.6) is 0 Å². The van der Waals surface area contributed by atoms with Gasteiger partial charge in [-0.1, -0.05) is 42.5 Å². The number of hydrogen-bond acceptors (Lipinski definition) is 4. The van der Waals surface area contributed by atoms with Crippen molar-refractivity contribution in [3.63, 3.8) is 0 Å². The number of azo groups is 1. The van der Waals surface area contributed by atoms with Crippen molar-refractivity contribution in [2.75, 3.05) is 6.54 Å². The second kappa shape index (κ2) is 5.60. The summed E-state index contributed by atoms with van der Waals surface area (Å²) in [7, 11) is 0. The van der Waals surface area contributed by atoms with Gasteiger partial charge in [-0.3, -0.25) is 0 Å². The molecule has 0 amide bonds. The molecule has 94 valence electrons. The van der Waals surface area contributed by atoms with E-state index >= 15 is 0 Å². The van der Waals surface area contributed by atoms with E-state index in [1.165, 1.54) is 0 Å². The molecule has 1 atom stereocenters. The maximum atomic E-state index is 6.16. The largest absolute Gasteiger partial charge is 0.399 e. The molecule has 0 aromatic heterocycles. The van der Waals surface area contributed by atoms with Gasteiger partial charge >= 0.3 is 0 Å². The summed E-state index contributed by atoms with van der Waals surface area (Å²) in [5.74, 6) is 0. The molecule has 1 aromatic carbocycles. The lowest BCUT2D eigenvalue weighted by Crippen LogP contribution is -2.41. The Labute approximate surface area is 107 Å². The van der Waals surface area contributed by atoms with Crippen LogP contribution in [0.4, 0.5) is 0 Å². The molecule has 1 aliphatic rings. The molecule has 4 heteroatoms. The molecule has 0 saturated heterocycles. The summed E-state index contributed by atoms with van der Waals surface area (Å²) < 4.78 is 0. The highest BCUT2D eigenvalue weighted by molar-refractivity contribution is 5.27. The van der Waals surface area contributed by atoms with Gasteiger partial charge in [0.25, 0.3) is 0 Å². The first-order valence-corrected chi connectivity index (χ1v) is 5.99. The number of rotatable bonds is 4.